The largest absolute Gasteiger partial charge is 0.496 e. The summed E-state index contributed by atoms with van der Waals surface area (Å²) in [6.07, 6.45) is 7.44. The van der Waals surface area contributed by atoms with Crippen molar-refractivity contribution < 1.29 is 4.74 Å². The van der Waals surface area contributed by atoms with Crippen LogP contribution in [-0.4, -0.2) is 26.1 Å². The van der Waals surface area contributed by atoms with E-state index in [1.165, 1.54) is 42.4 Å². The lowest BCUT2D eigenvalue weighted by Gasteiger charge is -2.33. The van der Waals surface area contributed by atoms with Gasteiger partial charge in [0.15, 0.2) is 0 Å². The molecule has 0 heterocycles. The van der Waals surface area contributed by atoms with E-state index >= 15 is 0 Å². The van der Waals surface area contributed by atoms with Gasteiger partial charge in [0.05, 0.1) is 7.11 Å². The van der Waals surface area contributed by atoms with E-state index in [0.29, 0.717) is 17.9 Å². The van der Waals surface area contributed by atoms with Gasteiger partial charge in [0, 0.05) is 23.1 Å². The van der Waals surface area contributed by atoms with Crippen LogP contribution in [0.5, 0.6) is 5.75 Å². The van der Waals surface area contributed by atoms with Gasteiger partial charge in [-0.1, -0.05) is 31.9 Å². The van der Waals surface area contributed by atoms with Crippen LogP contribution in [0.1, 0.15) is 72.7 Å². The second-order valence-corrected chi connectivity index (χ2v) is 7.63. The molecule has 0 bridgehead atoms. The fourth-order valence-electron chi connectivity index (χ4n) is 5.10. The monoisotopic (exact) mass is 349 g/mol. The van der Waals surface area contributed by atoms with Crippen LogP contribution in [0.2, 0.25) is 0 Å². The van der Waals surface area contributed by atoms with Gasteiger partial charge in [-0.3, -0.25) is 0 Å². The summed E-state index contributed by atoms with van der Waals surface area (Å²) in [5.41, 5.74) is 5.80. The predicted octanol–water partition coefficient (Wildman–Crippen LogP) is 5.61. The number of allylic oxidation sites excluding steroid dienone is 1. The zero-order chi connectivity index (χ0) is 16.7. The molecule has 2 aliphatic carbocycles. The first-order chi connectivity index (χ1) is 11.0. The molecule has 134 valence electrons. The fourth-order valence-corrected chi connectivity index (χ4v) is 5.10. The maximum Gasteiger partial charge on any atom is 0.127 e. The molecule has 4 unspecified atom stereocenters. The molecule has 0 amide bonds. The molecule has 3 heteroatoms. The van der Waals surface area contributed by atoms with Crippen molar-refractivity contribution in [1.29, 1.82) is 0 Å². The molecular formula is C21H32ClNO. The first-order valence-corrected chi connectivity index (χ1v) is 9.01. The van der Waals surface area contributed by atoms with Crippen molar-refractivity contribution in [3.05, 3.63) is 41.0 Å². The minimum absolute atomic E-state index is 0. The molecule has 3 rings (SSSR count). The zero-order valence-corrected chi connectivity index (χ0v) is 16.6. The lowest BCUT2D eigenvalue weighted by Crippen LogP contribution is -2.27. The van der Waals surface area contributed by atoms with Crippen molar-refractivity contribution in [1.82, 2.24) is 4.90 Å². The quantitative estimate of drug-likeness (QED) is 0.655. The van der Waals surface area contributed by atoms with Gasteiger partial charge in [-0.05, 0) is 56.8 Å². The number of halogens is 1. The number of fused-ring (bicyclic) bond motifs is 3. The predicted molar refractivity (Wildman–Crippen MR) is 105 cm³/mol. The smallest absolute Gasteiger partial charge is 0.127 e. The normalized spacial score (nSPS) is 26.3. The summed E-state index contributed by atoms with van der Waals surface area (Å²) in [7, 11) is 6.28. The minimum atomic E-state index is 0. The van der Waals surface area contributed by atoms with E-state index in [2.05, 4.69) is 45.5 Å². The Labute approximate surface area is 153 Å². The van der Waals surface area contributed by atoms with Gasteiger partial charge in [-0.15, -0.1) is 19.0 Å². The summed E-state index contributed by atoms with van der Waals surface area (Å²) in [5.74, 6) is 2.90. The highest BCUT2D eigenvalue weighted by Crippen LogP contribution is 2.58. The standard InChI is InChI=1S/C21H31NO.ClH/c1-7-13(2)17-12-14(3)18-15-10-8-9-11-16(15)20(22(4)5)19(18)21(17)23-6;/h7,12-13,15-16,20H,1,8-11H2,2-6H3;1H. The molecule has 24 heavy (non-hydrogen) atoms. The van der Waals surface area contributed by atoms with Crippen LogP contribution >= 0.6 is 12.4 Å². The van der Waals surface area contributed by atoms with Crippen LogP contribution in [0.25, 0.3) is 0 Å². The van der Waals surface area contributed by atoms with Gasteiger partial charge in [-0.25, -0.2) is 0 Å². The molecule has 1 saturated carbocycles. The Hall–Kier alpha value is -0.990. The third-order valence-corrected chi connectivity index (χ3v) is 6.09. The summed E-state index contributed by atoms with van der Waals surface area (Å²) in [6, 6.07) is 2.84. The molecule has 1 aromatic rings. The van der Waals surface area contributed by atoms with Gasteiger partial charge in [0.25, 0.3) is 0 Å². The Balaban J connectivity index is 0.00000208. The zero-order valence-electron chi connectivity index (χ0n) is 15.8. The number of hydrogen-bond donors (Lipinski definition) is 0. The SMILES string of the molecule is C=CC(C)c1cc(C)c2c(c1OC)C(N(C)C)C1CCCCC21.Cl. The van der Waals surface area contributed by atoms with E-state index in [-0.39, 0.29) is 12.4 Å². The van der Waals surface area contributed by atoms with Crippen LogP contribution in [0.15, 0.2) is 18.7 Å². The average Bonchev–Trinajstić information content (AvgIpc) is 2.89. The summed E-state index contributed by atoms with van der Waals surface area (Å²) in [5, 5.41) is 0. The summed E-state index contributed by atoms with van der Waals surface area (Å²) >= 11 is 0. The molecule has 2 aliphatic rings. The van der Waals surface area contributed by atoms with Crippen molar-refractivity contribution in [3.8, 4) is 5.75 Å². The topological polar surface area (TPSA) is 12.5 Å². The van der Waals surface area contributed by atoms with E-state index in [1.807, 2.05) is 13.2 Å². The fraction of sp³-hybridized carbons (Fsp3) is 0.619. The molecule has 0 aromatic heterocycles. The van der Waals surface area contributed by atoms with E-state index in [0.717, 1.165) is 11.7 Å². The van der Waals surface area contributed by atoms with Gasteiger partial charge in [-0.2, -0.15) is 0 Å². The molecule has 1 aromatic carbocycles. The van der Waals surface area contributed by atoms with E-state index in [1.54, 1.807) is 5.56 Å². The molecule has 0 saturated heterocycles. The molecule has 2 nitrogen and oxygen atoms in total. The number of rotatable bonds is 4. The number of nitrogens with zero attached hydrogens (tertiary/aromatic N) is 1. The Bertz CT molecular complexity index is 610. The van der Waals surface area contributed by atoms with Crippen molar-refractivity contribution in [2.75, 3.05) is 21.2 Å². The summed E-state index contributed by atoms with van der Waals surface area (Å²) in [4.78, 5) is 2.42. The molecular weight excluding hydrogens is 318 g/mol. The van der Waals surface area contributed by atoms with Crippen LogP contribution in [-0.2, 0) is 0 Å². The van der Waals surface area contributed by atoms with Crippen molar-refractivity contribution in [2.24, 2.45) is 5.92 Å². The first-order valence-electron chi connectivity index (χ1n) is 9.01. The minimum Gasteiger partial charge on any atom is -0.496 e. The van der Waals surface area contributed by atoms with Gasteiger partial charge >= 0.3 is 0 Å². The summed E-state index contributed by atoms with van der Waals surface area (Å²) < 4.78 is 5.98. The lowest BCUT2D eigenvalue weighted by molar-refractivity contribution is 0.171. The van der Waals surface area contributed by atoms with Gasteiger partial charge < -0.3 is 9.64 Å². The second kappa shape index (κ2) is 7.49. The Morgan fingerprint density at radius 2 is 1.92 bits per heavy atom. The molecule has 0 spiro atoms. The number of hydrogen-bond acceptors (Lipinski definition) is 2. The van der Waals surface area contributed by atoms with Crippen molar-refractivity contribution in [3.63, 3.8) is 0 Å². The van der Waals surface area contributed by atoms with Crippen LogP contribution in [0, 0.1) is 12.8 Å². The Morgan fingerprint density at radius 3 is 2.50 bits per heavy atom. The van der Waals surface area contributed by atoms with Gasteiger partial charge in [0.1, 0.15) is 5.75 Å². The third kappa shape index (κ3) is 2.88. The maximum absolute atomic E-state index is 5.98. The number of ether oxygens (including phenoxy) is 1. The Kier molecular flexibility index (Phi) is 6.04. The van der Waals surface area contributed by atoms with Crippen molar-refractivity contribution in [2.45, 2.75) is 57.4 Å². The summed E-state index contributed by atoms with van der Waals surface area (Å²) in [6.45, 7) is 8.50. The van der Waals surface area contributed by atoms with Crippen LogP contribution in [0.4, 0.5) is 0 Å². The van der Waals surface area contributed by atoms with Crippen molar-refractivity contribution >= 4 is 12.4 Å². The van der Waals surface area contributed by atoms with E-state index in [4.69, 9.17) is 4.74 Å². The highest BCUT2D eigenvalue weighted by atomic mass is 35.5. The maximum atomic E-state index is 5.98. The first kappa shape index (κ1) is 19.3. The Morgan fingerprint density at radius 1 is 1.25 bits per heavy atom. The molecule has 4 atom stereocenters. The number of benzene rings is 1. The second-order valence-electron chi connectivity index (χ2n) is 7.63. The van der Waals surface area contributed by atoms with Crippen LogP contribution < -0.4 is 4.74 Å². The van der Waals surface area contributed by atoms with Gasteiger partial charge in [0.2, 0.25) is 0 Å². The molecule has 0 radical (unpaired) electrons. The molecule has 0 aliphatic heterocycles. The average molecular weight is 350 g/mol. The molecule has 0 N–H and O–H groups in total. The number of methoxy groups -OCH3 is 1. The number of aryl methyl sites for hydroxylation is 1. The highest BCUT2D eigenvalue weighted by Gasteiger charge is 2.45. The van der Waals surface area contributed by atoms with E-state index < -0.39 is 0 Å². The third-order valence-electron chi connectivity index (χ3n) is 6.09. The van der Waals surface area contributed by atoms with E-state index in [9.17, 15) is 0 Å². The molecule has 1 fully saturated rings. The highest BCUT2D eigenvalue weighted by molar-refractivity contribution is 5.85. The lowest BCUT2D eigenvalue weighted by atomic mass is 9.77. The van der Waals surface area contributed by atoms with Crippen LogP contribution in [0.3, 0.4) is 0 Å².